The molecule has 1 aromatic heterocycles. The highest BCUT2D eigenvalue weighted by Crippen LogP contribution is 2.52. The van der Waals surface area contributed by atoms with Gasteiger partial charge in [-0.15, -0.1) is 0 Å². The zero-order chi connectivity index (χ0) is 34.4. The average molecular weight is 653 g/mol. The summed E-state index contributed by atoms with van der Waals surface area (Å²) in [7, 11) is 0. The highest BCUT2D eigenvalue weighted by atomic mass is 14.9. The minimum Gasteiger partial charge on any atom is -0.228 e. The molecule has 0 aliphatic heterocycles. The van der Waals surface area contributed by atoms with Crippen molar-refractivity contribution in [3.05, 3.63) is 193 Å². The van der Waals surface area contributed by atoms with Crippen molar-refractivity contribution in [2.75, 3.05) is 0 Å². The summed E-state index contributed by atoms with van der Waals surface area (Å²) in [4.78, 5) is 10.2. The zero-order valence-corrected chi connectivity index (χ0v) is 28.7. The molecule has 0 atom stereocenters. The molecule has 242 valence electrons. The van der Waals surface area contributed by atoms with Crippen molar-refractivity contribution in [1.29, 1.82) is 0 Å². The first-order valence-corrected chi connectivity index (χ1v) is 17.6. The van der Waals surface area contributed by atoms with Gasteiger partial charge in [0.2, 0.25) is 0 Å². The van der Waals surface area contributed by atoms with Gasteiger partial charge in [-0.3, -0.25) is 0 Å². The lowest BCUT2D eigenvalue weighted by molar-refractivity contribution is 0.660. The van der Waals surface area contributed by atoms with E-state index in [-0.39, 0.29) is 5.41 Å². The SMILES string of the molecule is CC1(C)c2ccccc2-c2c(-c3cccc(-c4ccc(-c5cc(-c6ccccc6)nc(-c6ccc(-c7ccccc7)cc6)n5)cc4)c3)cccc21. The van der Waals surface area contributed by atoms with Crippen LogP contribution < -0.4 is 0 Å². The van der Waals surface area contributed by atoms with E-state index in [4.69, 9.17) is 9.97 Å². The van der Waals surface area contributed by atoms with Gasteiger partial charge in [-0.1, -0.05) is 184 Å². The van der Waals surface area contributed by atoms with E-state index in [1.54, 1.807) is 0 Å². The monoisotopic (exact) mass is 652 g/mol. The molecular formula is C49H36N2. The Morgan fingerprint density at radius 1 is 0.333 bits per heavy atom. The summed E-state index contributed by atoms with van der Waals surface area (Å²) in [5, 5.41) is 0. The first-order chi connectivity index (χ1) is 25.0. The molecule has 9 rings (SSSR count). The Morgan fingerprint density at radius 3 is 1.49 bits per heavy atom. The van der Waals surface area contributed by atoms with Gasteiger partial charge in [0.1, 0.15) is 0 Å². The number of hydrogen-bond donors (Lipinski definition) is 0. The minimum atomic E-state index is -0.0256. The van der Waals surface area contributed by atoms with E-state index < -0.39 is 0 Å². The topological polar surface area (TPSA) is 25.8 Å². The van der Waals surface area contributed by atoms with Gasteiger partial charge in [0, 0.05) is 22.1 Å². The lowest BCUT2D eigenvalue weighted by Gasteiger charge is -2.21. The number of aromatic nitrogens is 2. The maximum absolute atomic E-state index is 5.11. The van der Waals surface area contributed by atoms with Crippen molar-refractivity contribution in [1.82, 2.24) is 9.97 Å². The molecule has 0 N–H and O–H groups in total. The van der Waals surface area contributed by atoms with Crippen molar-refractivity contribution in [3.63, 3.8) is 0 Å². The number of benzene rings is 7. The lowest BCUT2D eigenvalue weighted by Crippen LogP contribution is -2.14. The normalized spacial score (nSPS) is 12.7. The van der Waals surface area contributed by atoms with Gasteiger partial charge in [0.05, 0.1) is 11.4 Å². The van der Waals surface area contributed by atoms with Gasteiger partial charge in [-0.2, -0.15) is 0 Å². The average Bonchev–Trinajstić information content (AvgIpc) is 3.44. The molecule has 51 heavy (non-hydrogen) atoms. The Balaban J connectivity index is 1.07. The van der Waals surface area contributed by atoms with Gasteiger partial charge in [-0.05, 0) is 67.8 Å². The summed E-state index contributed by atoms with van der Waals surface area (Å²) in [5.74, 6) is 0.711. The van der Waals surface area contributed by atoms with Crippen molar-refractivity contribution < 1.29 is 0 Å². The maximum atomic E-state index is 5.11. The smallest absolute Gasteiger partial charge is 0.160 e. The molecule has 0 fully saturated rings. The minimum absolute atomic E-state index is 0.0256. The molecule has 2 nitrogen and oxygen atoms in total. The predicted octanol–water partition coefficient (Wildman–Crippen LogP) is 12.8. The Labute approximate surface area is 299 Å². The van der Waals surface area contributed by atoms with Crippen LogP contribution in [0.4, 0.5) is 0 Å². The summed E-state index contributed by atoms with van der Waals surface area (Å²) in [6.45, 7) is 4.68. The molecular weight excluding hydrogens is 617 g/mol. The van der Waals surface area contributed by atoms with Gasteiger partial charge >= 0.3 is 0 Å². The summed E-state index contributed by atoms with van der Waals surface area (Å²) < 4.78 is 0. The second-order valence-electron chi connectivity index (χ2n) is 13.8. The molecule has 1 aliphatic rings. The van der Waals surface area contributed by atoms with E-state index in [0.717, 1.165) is 28.1 Å². The van der Waals surface area contributed by atoms with E-state index in [1.165, 1.54) is 55.6 Å². The third-order valence-electron chi connectivity index (χ3n) is 10.3. The third-order valence-corrected chi connectivity index (χ3v) is 10.3. The zero-order valence-electron chi connectivity index (χ0n) is 28.7. The molecule has 7 aromatic carbocycles. The number of rotatable bonds is 6. The van der Waals surface area contributed by atoms with Gasteiger partial charge in [-0.25, -0.2) is 9.97 Å². The van der Waals surface area contributed by atoms with Crippen molar-refractivity contribution in [2.45, 2.75) is 19.3 Å². The largest absolute Gasteiger partial charge is 0.228 e. The maximum Gasteiger partial charge on any atom is 0.160 e. The Bertz CT molecular complexity index is 2510. The van der Waals surface area contributed by atoms with Crippen LogP contribution >= 0.6 is 0 Å². The fraction of sp³-hybridized carbons (Fsp3) is 0.0612. The molecule has 8 aromatic rings. The Hall–Kier alpha value is -6.38. The summed E-state index contributed by atoms with van der Waals surface area (Å²) in [5.41, 5.74) is 17.6. The van der Waals surface area contributed by atoms with Crippen LogP contribution in [0.5, 0.6) is 0 Å². The standard InChI is InChI=1S/C49H36N2/c1-49(2)43-21-10-9-19-42(43)47-41(20-12-22-44(47)49)40-18-11-17-39(31-40)35-23-27-37(28-24-35)46-32-45(36-15-7-4-8-16-36)50-48(51-46)38-29-25-34(26-30-38)33-13-5-3-6-14-33/h3-32H,1-2H3. The fourth-order valence-corrected chi connectivity index (χ4v) is 7.62. The van der Waals surface area contributed by atoms with E-state index >= 15 is 0 Å². The van der Waals surface area contributed by atoms with Crippen LogP contribution in [0, 0.1) is 0 Å². The molecule has 0 amide bonds. The van der Waals surface area contributed by atoms with Crippen molar-refractivity contribution >= 4 is 0 Å². The summed E-state index contributed by atoms with van der Waals surface area (Å²) in [6, 6.07) is 64.8. The summed E-state index contributed by atoms with van der Waals surface area (Å²) >= 11 is 0. The van der Waals surface area contributed by atoms with E-state index in [9.17, 15) is 0 Å². The fourth-order valence-electron chi connectivity index (χ4n) is 7.62. The first-order valence-electron chi connectivity index (χ1n) is 17.6. The van der Waals surface area contributed by atoms with Crippen LogP contribution in [0.1, 0.15) is 25.0 Å². The highest BCUT2D eigenvalue weighted by molar-refractivity contribution is 5.93. The molecule has 1 aliphatic carbocycles. The second-order valence-corrected chi connectivity index (χ2v) is 13.8. The van der Waals surface area contributed by atoms with Crippen molar-refractivity contribution in [2.24, 2.45) is 0 Å². The van der Waals surface area contributed by atoms with Gasteiger partial charge in [0.25, 0.3) is 0 Å². The van der Waals surface area contributed by atoms with Crippen molar-refractivity contribution in [3.8, 4) is 78.4 Å². The van der Waals surface area contributed by atoms with E-state index in [1.807, 2.05) is 12.1 Å². The highest BCUT2D eigenvalue weighted by Gasteiger charge is 2.36. The van der Waals surface area contributed by atoms with Crippen LogP contribution in [-0.4, -0.2) is 9.97 Å². The van der Waals surface area contributed by atoms with Crippen LogP contribution in [0.3, 0.4) is 0 Å². The molecule has 0 saturated heterocycles. The van der Waals surface area contributed by atoms with E-state index in [2.05, 4.69) is 184 Å². The molecule has 2 heteroatoms. The van der Waals surface area contributed by atoms with E-state index in [0.29, 0.717) is 5.82 Å². The van der Waals surface area contributed by atoms with Crippen LogP contribution in [0.15, 0.2) is 182 Å². The molecule has 1 heterocycles. The van der Waals surface area contributed by atoms with Crippen LogP contribution in [0.2, 0.25) is 0 Å². The number of fused-ring (bicyclic) bond motifs is 3. The van der Waals surface area contributed by atoms with Gasteiger partial charge < -0.3 is 0 Å². The second kappa shape index (κ2) is 12.5. The molecule has 0 unspecified atom stereocenters. The molecule has 0 spiro atoms. The molecule has 0 radical (unpaired) electrons. The lowest BCUT2D eigenvalue weighted by atomic mass is 9.82. The predicted molar refractivity (Wildman–Crippen MR) is 212 cm³/mol. The quantitative estimate of drug-likeness (QED) is 0.179. The number of nitrogens with zero attached hydrogens (tertiary/aromatic N) is 2. The van der Waals surface area contributed by atoms with Crippen LogP contribution in [-0.2, 0) is 5.41 Å². The molecule has 0 bridgehead atoms. The molecule has 0 saturated carbocycles. The number of hydrogen-bond acceptors (Lipinski definition) is 2. The Kier molecular flexibility index (Phi) is 7.51. The first kappa shape index (κ1) is 30.7. The third kappa shape index (κ3) is 5.56. The summed E-state index contributed by atoms with van der Waals surface area (Å²) in [6.07, 6.45) is 0. The van der Waals surface area contributed by atoms with Crippen LogP contribution in [0.25, 0.3) is 78.4 Å². The Morgan fingerprint density at radius 2 is 0.784 bits per heavy atom. The van der Waals surface area contributed by atoms with Gasteiger partial charge in [0.15, 0.2) is 5.82 Å².